The van der Waals surface area contributed by atoms with Crippen molar-refractivity contribution in [2.75, 3.05) is 0 Å². The van der Waals surface area contributed by atoms with Crippen LogP contribution in [0.2, 0.25) is 0 Å². The topological polar surface area (TPSA) is 79.5 Å². The average Bonchev–Trinajstić information content (AvgIpc) is 3.05. The minimum atomic E-state index is -1.09. The molecule has 1 aromatic heterocycles. The second kappa shape index (κ2) is 4.36. The zero-order valence-corrected chi connectivity index (χ0v) is 12.6. The molecule has 3 unspecified atom stereocenters. The fourth-order valence-electron chi connectivity index (χ4n) is 4.43. The second-order valence-electron chi connectivity index (χ2n) is 7.33. The molecular weight excluding hydrogens is 270 g/mol. The van der Waals surface area contributed by atoms with Crippen LogP contribution in [0, 0.1) is 16.7 Å². The number of carboxylic acids is 1. The van der Waals surface area contributed by atoms with E-state index in [-0.39, 0.29) is 34.1 Å². The molecule has 2 fully saturated rings. The lowest BCUT2D eigenvalue weighted by Gasteiger charge is -2.42. The van der Waals surface area contributed by atoms with Crippen LogP contribution in [0.5, 0.6) is 0 Å². The third-order valence-corrected chi connectivity index (χ3v) is 5.62. The summed E-state index contributed by atoms with van der Waals surface area (Å²) in [4.78, 5) is 23.2. The minimum absolute atomic E-state index is 0.00133. The Morgan fingerprint density at radius 2 is 2.10 bits per heavy atom. The number of fused-ring (bicyclic) bond motifs is 2. The molecule has 0 aromatic carbocycles. The van der Waals surface area contributed by atoms with E-state index in [9.17, 15) is 9.59 Å². The molecule has 114 valence electrons. The number of rotatable bonds is 3. The molecule has 1 heterocycles. The third-order valence-electron chi connectivity index (χ3n) is 5.62. The van der Waals surface area contributed by atoms with Crippen molar-refractivity contribution < 1.29 is 19.1 Å². The molecule has 0 radical (unpaired) electrons. The zero-order valence-electron chi connectivity index (χ0n) is 12.6. The van der Waals surface area contributed by atoms with Gasteiger partial charge in [-0.1, -0.05) is 20.8 Å². The summed E-state index contributed by atoms with van der Waals surface area (Å²) in [6, 6.07) is 1.37. The smallest absolute Gasteiger partial charge is 0.338 e. The summed E-state index contributed by atoms with van der Waals surface area (Å²) in [6.45, 7) is 6.65. The SMILES string of the molecule is CC12CCC(C1)C(C)(C)C2NC(=O)c1cc(C(=O)O)co1. The lowest BCUT2D eigenvalue weighted by atomic mass is 9.68. The van der Waals surface area contributed by atoms with E-state index in [1.54, 1.807) is 0 Å². The van der Waals surface area contributed by atoms with Gasteiger partial charge in [-0.3, -0.25) is 4.79 Å². The molecule has 1 aromatic rings. The van der Waals surface area contributed by atoms with E-state index in [2.05, 4.69) is 26.1 Å². The maximum atomic E-state index is 12.3. The Bertz CT molecular complexity index is 598. The zero-order chi connectivity index (χ0) is 15.4. The van der Waals surface area contributed by atoms with E-state index in [0.29, 0.717) is 5.92 Å². The number of amides is 1. The summed E-state index contributed by atoms with van der Waals surface area (Å²) in [5.74, 6) is -0.715. The van der Waals surface area contributed by atoms with Crippen molar-refractivity contribution in [1.82, 2.24) is 5.32 Å². The quantitative estimate of drug-likeness (QED) is 0.897. The second-order valence-corrected chi connectivity index (χ2v) is 7.33. The highest BCUT2D eigenvalue weighted by molar-refractivity contribution is 5.95. The van der Waals surface area contributed by atoms with Gasteiger partial charge in [-0.15, -0.1) is 0 Å². The van der Waals surface area contributed by atoms with Gasteiger partial charge in [0.2, 0.25) is 0 Å². The van der Waals surface area contributed by atoms with Crippen molar-refractivity contribution in [3.05, 3.63) is 23.7 Å². The van der Waals surface area contributed by atoms with Gasteiger partial charge in [0.05, 0.1) is 5.56 Å². The number of hydrogen-bond donors (Lipinski definition) is 2. The van der Waals surface area contributed by atoms with Crippen molar-refractivity contribution in [1.29, 1.82) is 0 Å². The van der Waals surface area contributed by atoms with Crippen LogP contribution in [0.4, 0.5) is 0 Å². The van der Waals surface area contributed by atoms with Crippen LogP contribution in [-0.4, -0.2) is 23.0 Å². The van der Waals surface area contributed by atoms with Gasteiger partial charge < -0.3 is 14.8 Å². The Kier molecular flexibility index (Phi) is 2.94. The fourth-order valence-corrected chi connectivity index (χ4v) is 4.43. The van der Waals surface area contributed by atoms with Gasteiger partial charge >= 0.3 is 5.97 Å². The fraction of sp³-hybridized carbons (Fsp3) is 0.625. The maximum Gasteiger partial charge on any atom is 0.338 e. The Labute approximate surface area is 123 Å². The van der Waals surface area contributed by atoms with Gasteiger partial charge in [-0.2, -0.15) is 0 Å². The van der Waals surface area contributed by atoms with Crippen LogP contribution >= 0.6 is 0 Å². The highest BCUT2D eigenvalue weighted by Crippen LogP contribution is 2.62. The van der Waals surface area contributed by atoms with Gasteiger partial charge in [-0.05, 0) is 36.0 Å². The number of furan rings is 1. The molecule has 2 aliphatic rings. The van der Waals surface area contributed by atoms with Gasteiger partial charge in [-0.25, -0.2) is 4.79 Å². The summed E-state index contributed by atoms with van der Waals surface area (Å²) in [6.07, 6.45) is 4.60. The average molecular weight is 291 g/mol. The Balaban J connectivity index is 1.79. The molecule has 0 saturated heterocycles. The number of aromatic carboxylic acids is 1. The summed E-state index contributed by atoms with van der Waals surface area (Å²) in [5, 5.41) is 12.0. The molecule has 2 bridgehead atoms. The lowest BCUT2D eigenvalue weighted by Crippen LogP contribution is -2.52. The van der Waals surface area contributed by atoms with Crippen molar-refractivity contribution in [2.45, 2.75) is 46.1 Å². The molecule has 3 atom stereocenters. The van der Waals surface area contributed by atoms with Crippen LogP contribution in [0.25, 0.3) is 0 Å². The third kappa shape index (κ3) is 2.06. The molecule has 2 N–H and O–H groups in total. The predicted molar refractivity (Wildman–Crippen MR) is 76.2 cm³/mol. The Morgan fingerprint density at radius 3 is 2.62 bits per heavy atom. The van der Waals surface area contributed by atoms with Gasteiger partial charge in [0, 0.05) is 12.1 Å². The van der Waals surface area contributed by atoms with Crippen LogP contribution in [0.1, 0.15) is 60.9 Å². The summed E-state index contributed by atoms with van der Waals surface area (Å²) in [5.41, 5.74) is 0.190. The highest BCUT2D eigenvalue weighted by Gasteiger charge is 2.59. The number of hydrogen-bond acceptors (Lipinski definition) is 3. The first kappa shape index (κ1) is 14.2. The minimum Gasteiger partial charge on any atom is -0.478 e. The molecule has 2 aliphatic carbocycles. The first-order chi connectivity index (χ1) is 9.74. The lowest BCUT2D eigenvalue weighted by molar-refractivity contribution is 0.0694. The van der Waals surface area contributed by atoms with Crippen molar-refractivity contribution in [3.63, 3.8) is 0 Å². The van der Waals surface area contributed by atoms with Crippen LogP contribution < -0.4 is 5.32 Å². The monoisotopic (exact) mass is 291 g/mol. The summed E-state index contributed by atoms with van der Waals surface area (Å²) >= 11 is 0. The number of carbonyl (C=O) groups is 2. The van der Waals surface area contributed by atoms with E-state index >= 15 is 0 Å². The van der Waals surface area contributed by atoms with Crippen LogP contribution in [-0.2, 0) is 0 Å². The Morgan fingerprint density at radius 1 is 1.38 bits per heavy atom. The van der Waals surface area contributed by atoms with Gasteiger partial charge in [0.15, 0.2) is 5.76 Å². The molecule has 21 heavy (non-hydrogen) atoms. The Hall–Kier alpha value is -1.78. The normalized spacial score (nSPS) is 33.1. The molecule has 5 heteroatoms. The molecule has 1 amide bonds. The largest absolute Gasteiger partial charge is 0.478 e. The molecule has 3 rings (SSSR count). The predicted octanol–water partition coefficient (Wildman–Crippen LogP) is 2.92. The van der Waals surface area contributed by atoms with Crippen molar-refractivity contribution >= 4 is 11.9 Å². The standard InChI is InChI=1S/C16H21NO4/c1-15(2)10-4-5-16(3,7-10)14(15)17-12(18)11-6-9(8-21-11)13(19)20/h6,8,10,14H,4-5,7H2,1-3H3,(H,17,18)(H,19,20). The van der Waals surface area contributed by atoms with E-state index in [4.69, 9.17) is 9.52 Å². The van der Waals surface area contributed by atoms with Crippen molar-refractivity contribution in [2.24, 2.45) is 16.7 Å². The number of nitrogens with one attached hydrogen (secondary N) is 1. The van der Waals surface area contributed by atoms with E-state index in [0.717, 1.165) is 19.1 Å². The van der Waals surface area contributed by atoms with E-state index in [1.807, 2.05) is 0 Å². The van der Waals surface area contributed by atoms with E-state index in [1.165, 1.54) is 12.5 Å². The van der Waals surface area contributed by atoms with Crippen LogP contribution in [0.15, 0.2) is 16.7 Å². The van der Waals surface area contributed by atoms with Gasteiger partial charge in [0.25, 0.3) is 5.91 Å². The maximum absolute atomic E-state index is 12.3. The number of carboxylic acid groups (broad SMARTS) is 1. The molecule has 2 saturated carbocycles. The molecule has 5 nitrogen and oxygen atoms in total. The first-order valence-electron chi connectivity index (χ1n) is 7.37. The highest BCUT2D eigenvalue weighted by atomic mass is 16.4. The summed E-state index contributed by atoms with van der Waals surface area (Å²) in [7, 11) is 0. The molecule has 0 aliphatic heterocycles. The number of carbonyl (C=O) groups excluding carboxylic acids is 1. The first-order valence-corrected chi connectivity index (χ1v) is 7.37. The van der Waals surface area contributed by atoms with Gasteiger partial charge in [0.1, 0.15) is 6.26 Å². The molecule has 0 spiro atoms. The van der Waals surface area contributed by atoms with Crippen molar-refractivity contribution in [3.8, 4) is 0 Å². The molecular formula is C16H21NO4. The van der Waals surface area contributed by atoms with E-state index < -0.39 is 5.97 Å². The summed E-state index contributed by atoms with van der Waals surface area (Å²) < 4.78 is 5.09. The van der Waals surface area contributed by atoms with Crippen LogP contribution in [0.3, 0.4) is 0 Å².